The Balaban J connectivity index is 1.78. The maximum absolute atomic E-state index is 12.2. The highest BCUT2D eigenvalue weighted by Gasteiger charge is 2.18. The predicted octanol–water partition coefficient (Wildman–Crippen LogP) is 3.70. The van der Waals surface area contributed by atoms with E-state index in [-0.39, 0.29) is 5.91 Å². The Bertz CT molecular complexity index is 874. The summed E-state index contributed by atoms with van der Waals surface area (Å²) >= 11 is 8.79. The molecule has 0 radical (unpaired) electrons. The summed E-state index contributed by atoms with van der Waals surface area (Å²) in [5.41, 5.74) is 4.75. The molecule has 1 aromatic carbocycles. The lowest BCUT2D eigenvalue weighted by Gasteiger charge is -2.04. The molecule has 118 valence electrons. The van der Waals surface area contributed by atoms with Crippen molar-refractivity contribution in [3.63, 3.8) is 0 Å². The van der Waals surface area contributed by atoms with Crippen molar-refractivity contribution in [2.24, 2.45) is 0 Å². The van der Waals surface area contributed by atoms with E-state index in [1.54, 1.807) is 36.8 Å². The van der Waals surface area contributed by atoms with Crippen molar-refractivity contribution in [3.05, 3.63) is 50.5 Å². The highest BCUT2D eigenvalue weighted by Crippen LogP contribution is 2.37. The number of hydrogen-bond acceptors (Lipinski definition) is 5. The first kappa shape index (κ1) is 15.8. The number of nitrogens with one attached hydrogen (secondary N) is 2. The molecule has 2 heterocycles. The molecule has 0 saturated heterocycles. The van der Waals surface area contributed by atoms with Crippen LogP contribution in [0.15, 0.2) is 35.7 Å². The van der Waals surface area contributed by atoms with E-state index in [9.17, 15) is 9.59 Å². The third-order valence-corrected chi connectivity index (χ3v) is 5.60. The minimum atomic E-state index is -0.458. The van der Waals surface area contributed by atoms with Crippen molar-refractivity contribution in [3.8, 4) is 5.75 Å². The van der Waals surface area contributed by atoms with Crippen molar-refractivity contribution in [1.29, 1.82) is 0 Å². The lowest BCUT2D eigenvalue weighted by atomic mass is 10.2. The zero-order chi connectivity index (χ0) is 16.4. The van der Waals surface area contributed by atoms with Crippen LogP contribution in [0.1, 0.15) is 19.3 Å². The van der Waals surface area contributed by atoms with Gasteiger partial charge in [0.15, 0.2) is 0 Å². The van der Waals surface area contributed by atoms with Gasteiger partial charge in [0.1, 0.15) is 10.6 Å². The Morgan fingerprint density at radius 1 is 1.17 bits per heavy atom. The van der Waals surface area contributed by atoms with Gasteiger partial charge in [0, 0.05) is 10.1 Å². The monoisotopic (exact) mass is 366 g/mol. The molecule has 2 N–H and O–H groups in total. The van der Waals surface area contributed by atoms with Crippen LogP contribution in [0, 0.1) is 0 Å². The van der Waals surface area contributed by atoms with Crippen molar-refractivity contribution in [1.82, 2.24) is 10.9 Å². The summed E-state index contributed by atoms with van der Waals surface area (Å²) < 4.78 is 6.00. The third-order valence-electron chi connectivity index (χ3n) is 3.08. The minimum absolute atomic E-state index is 0.335. The molecule has 2 amide bonds. The Hall–Kier alpha value is -2.09. The van der Waals surface area contributed by atoms with E-state index < -0.39 is 5.91 Å². The molecule has 0 atom stereocenters. The Morgan fingerprint density at radius 2 is 1.96 bits per heavy atom. The molecule has 0 aliphatic rings. The zero-order valence-corrected chi connectivity index (χ0v) is 14.3. The second kappa shape index (κ2) is 6.57. The van der Waals surface area contributed by atoms with Crippen LogP contribution in [-0.4, -0.2) is 18.9 Å². The van der Waals surface area contributed by atoms with Gasteiger partial charge < -0.3 is 4.74 Å². The third kappa shape index (κ3) is 3.17. The van der Waals surface area contributed by atoms with E-state index >= 15 is 0 Å². The highest BCUT2D eigenvalue weighted by atomic mass is 35.5. The first-order chi connectivity index (χ1) is 11.1. The first-order valence-electron chi connectivity index (χ1n) is 6.50. The number of hydrazine groups is 1. The van der Waals surface area contributed by atoms with E-state index in [0.29, 0.717) is 20.5 Å². The van der Waals surface area contributed by atoms with Crippen LogP contribution in [0.25, 0.3) is 10.1 Å². The maximum Gasteiger partial charge on any atom is 0.281 e. The zero-order valence-electron chi connectivity index (χ0n) is 11.9. The number of carbonyl (C=O) groups excluding carboxylic acids is 2. The molecular formula is C15H11ClN2O3S2. The molecule has 3 aromatic rings. The topological polar surface area (TPSA) is 67.4 Å². The normalized spacial score (nSPS) is 10.5. The Kier molecular flexibility index (Phi) is 4.51. The minimum Gasteiger partial charge on any atom is -0.497 e. The Labute approximate surface area is 144 Å². The van der Waals surface area contributed by atoms with Crippen LogP contribution in [0.4, 0.5) is 0 Å². The summed E-state index contributed by atoms with van der Waals surface area (Å²) in [6.45, 7) is 0. The van der Waals surface area contributed by atoms with Gasteiger partial charge in [-0.2, -0.15) is 0 Å². The van der Waals surface area contributed by atoms with Gasteiger partial charge in [-0.25, -0.2) is 0 Å². The molecular weight excluding hydrogens is 356 g/mol. The molecule has 0 fully saturated rings. The lowest BCUT2D eigenvalue weighted by Crippen LogP contribution is -2.41. The van der Waals surface area contributed by atoms with E-state index in [2.05, 4.69) is 10.9 Å². The van der Waals surface area contributed by atoms with Crippen LogP contribution >= 0.6 is 34.3 Å². The number of thiophene rings is 2. The molecule has 0 aliphatic carbocycles. The second-order valence-corrected chi connectivity index (χ2v) is 6.87. The SMILES string of the molecule is COc1ccc2c(Cl)c(C(=O)NNC(=O)c3cccs3)sc2c1. The quantitative estimate of drug-likeness (QED) is 0.694. The summed E-state index contributed by atoms with van der Waals surface area (Å²) in [5, 5.41) is 2.91. The standard InChI is InChI=1S/C15H11ClN2O3S2/c1-21-8-4-5-9-11(7-8)23-13(12(9)16)15(20)18-17-14(19)10-3-2-6-22-10/h2-7H,1H3,(H,17,19)(H,18,20). The summed E-state index contributed by atoms with van der Waals surface area (Å²) in [4.78, 5) is 24.9. The molecule has 3 rings (SSSR count). The van der Waals surface area contributed by atoms with Gasteiger partial charge in [-0.15, -0.1) is 22.7 Å². The Morgan fingerprint density at radius 3 is 2.65 bits per heavy atom. The van der Waals surface area contributed by atoms with E-state index in [0.717, 1.165) is 10.1 Å². The summed E-state index contributed by atoms with van der Waals surface area (Å²) in [5.74, 6) is -0.138. The molecule has 0 saturated carbocycles. The lowest BCUT2D eigenvalue weighted by molar-refractivity contribution is 0.0851. The van der Waals surface area contributed by atoms with Gasteiger partial charge in [0.2, 0.25) is 0 Å². The van der Waals surface area contributed by atoms with Gasteiger partial charge in [-0.3, -0.25) is 20.4 Å². The molecule has 0 spiro atoms. The average Bonchev–Trinajstić information content (AvgIpc) is 3.20. The number of ether oxygens (including phenoxy) is 1. The first-order valence-corrected chi connectivity index (χ1v) is 8.58. The van der Waals surface area contributed by atoms with Crippen molar-refractivity contribution >= 4 is 56.2 Å². The van der Waals surface area contributed by atoms with Crippen LogP contribution in [0.3, 0.4) is 0 Å². The van der Waals surface area contributed by atoms with Gasteiger partial charge in [-0.1, -0.05) is 17.7 Å². The fraction of sp³-hybridized carbons (Fsp3) is 0.0667. The molecule has 2 aromatic heterocycles. The van der Waals surface area contributed by atoms with Crippen molar-refractivity contribution < 1.29 is 14.3 Å². The summed E-state index contributed by atoms with van der Waals surface area (Å²) in [7, 11) is 1.57. The molecule has 23 heavy (non-hydrogen) atoms. The van der Waals surface area contributed by atoms with Gasteiger partial charge in [-0.05, 0) is 29.6 Å². The molecule has 8 heteroatoms. The van der Waals surface area contributed by atoms with Crippen molar-refractivity contribution in [2.45, 2.75) is 0 Å². The van der Waals surface area contributed by atoms with E-state index in [1.165, 1.54) is 22.7 Å². The smallest absolute Gasteiger partial charge is 0.281 e. The fourth-order valence-electron chi connectivity index (χ4n) is 1.96. The number of carbonyl (C=O) groups is 2. The van der Waals surface area contributed by atoms with Gasteiger partial charge in [0.05, 0.1) is 17.0 Å². The van der Waals surface area contributed by atoms with Crippen LogP contribution in [-0.2, 0) is 0 Å². The average molecular weight is 367 g/mol. The molecule has 0 aliphatic heterocycles. The summed E-state index contributed by atoms with van der Waals surface area (Å²) in [6.07, 6.45) is 0. The van der Waals surface area contributed by atoms with Crippen LogP contribution < -0.4 is 15.6 Å². The number of amides is 2. The number of fused-ring (bicyclic) bond motifs is 1. The highest BCUT2D eigenvalue weighted by molar-refractivity contribution is 7.21. The van der Waals surface area contributed by atoms with E-state index in [1.807, 2.05) is 6.07 Å². The number of hydrogen-bond donors (Lipinski definition) is 2. The summed E-state index contributed by atoms with van der Waals surface area (Å²) in [6, 6.07) is 8.82. The predicted molar refractivity (Wildman–Crippen MR) is 92.6 cm³/mol. The maximum atomic E-state index is 12.2. The molecule has 0 unspecified atom stereocenters. The van der Waals surface area contributed by atoms with Gasteiger partial charge in [0.25, 0.3) is 11.8 Å². The second-order valence-electron chi connectivity index (χ2n) is 4.49. The number of rotatable bonds is 3. The van der Waals surface area contributed by atoms with Crippen LogP contribution in [0.5, 0.6) is 5.75 Å². The van der Waals surface area contributed by atoms with Gasteiger partial charge >= 0.3 is 0 Å². The van der Waals surface area contributed by atoms with E-state index in [4.69, 9.17) is 16.3 Å². The molecule has 5 nitrogen and oxygen atoms in total. The number of halogens is 1. The molecule has 0 bridgehead atoms. The van der Waals surface area contributed by atoms with Crippen molar-refractivity contribution in [2.75, 3.05) is 7.11 Å². The number of methoxy groups -OCH3 is 1. The number of benzene rings is 1. The fourth-order valence-corrected chi connectivity index (χ4v) is 4.02. The van der Waals surface area contributed by atoms with Crippen LogP contribution in [0.2, 0.25) is 5.02 Å². The largest absolute Gasteiger partial charge is 0.497 e.